The van der Waals surface area contributed by atoms with Crippen LogP contribution in [0.1, 0.15) is 29.7 Å². The van der Waals surface area contributed by atoms with E-state index in [1.165, 1.54) is 0 Å². The maximum Gasteiger partial charge on any atom is 0.161 e. The Morgan fingerprint density at radius 1 is 1.25 bits per heavy atom. The Kier molecular flexibility index (Phi) is 4.55. The molecule has 1 saturated heterocycles. The van der Waals surface area contributed by atoms with Crippen LogP contribution < -0.4 is 10.6 Å². The van der Waals surface area contributed by atoms with E-state index >= 15 is 0 Å². The summed E-state index contributed by atoms with van der Waals surface area (Å²) >= 11 is 5.21. The van der Waals surface area contributed by atoms with Crippen LogP contribution in [0.25, 0.3) is 0 Å². The van der Waals surface area contributed by atoms with Gasteiger partial charge in [-0.15, -0.1) is 5.10 Å². The van der Waals surface area contributed by atoms with Crippen LogP contribution in [-0.2, 0) is 0 Å². The second-order valence-electron chi connectivity index (χ2n) is 5.66. The number of aromatic nitrogens is 2. The molecule has 5 nitrogen and oxygen atoms in total. The molecule has 2 N–H and O–H groups in total. The molecular formula is C14H23N5S. The molecule has 0 saturated carbocycles. The highest BCUT2D eigenvalue weighted by molar-refractivity contribution is 7.80. The fraction of sp³-hybridized carbons (Fsp3) is 0.643. The van der Waals surface area contributed by atoms with Crippen LogP contribution in [0.4, 0.5) is 5.82 Å². The number of anilines is 1. The molecule has 20 heavy (non-hydrogen) atoms. The van der Waals surface area contributed by atoms with Gasteiger partial charge in [0.05, 0.1) is 11.3 Å². The molecule has 1 fully saturated rings. The molecule has 0 atom stereocenters. The van der Waals surface area contributed by atoms with Crippen molar-refractivity contribution in [3.8, 4) is 0 Å². The Balaban J connectivity index is 2.26. The van der Waals surface area contributed by atoms with E-state index in [1.807, 2.05) is 13.8 Å². The monoisotopic (exact) mass is 293 g/mol. The highest BCUT2D eigenvalue weighted by Crippen LogP contribution is 2.25. The maximum atomic E-state index is 5.90. The molecule has 0 unspecified atom stereocenters. The number of hydrogen-bond acceptors (Lipinski definition) is 5. The molecule has 6 heteroatoms. The molecule has 2 rings (SSSR count). The summed E-state index contributed by atoms with van der Waals surface area (Å²) in [5.41, 5.74) is 8.71. The van der Waals surface area contributed by atoms with Crippen molar-refractivity contribution in [2.75, 3.05) is 32.1 Å². The van der Waals surface area contributed by atoms with Crippen LogP contribution >= 0.6 is 12.2 Å². The van der Waals surface area contributed by atoms with E-state index in [-0.39, 0.29) is 0 Å². The van der Waals surface area contributed by atoms with Gasteiger partial charge in [0.15, 0.2) is 5.82 Å². The number of thiocarbonyl (C=S) groups is 1. The predicted molar refractivity (Wildman–Crippen MR) is 86.3 cm³/mol. The summed E-state index contributed by atoms with van der Waals surface area (Å²) in [7, 11) is 4.27. The molecule has 0 aromatic carbocycles. The van der Waals surface area contributed by atoms with Crippen molar-refractivity contribution < 1.29 is 0 Å². The molecule has 1 aromatic heterocycles. The molecule has 0 amide bonds. The van der Waals surface area contributed by atoms with Gasteiger partial charge < -0.3 is 15.5 Å². The van der Waals surface area contributed by atoms with Gasteiger partial charge in [0.2, 0.25) is 0 Å². The van der Waals surface area contributed by atoms with Gasteiger partial charge in [0, 0.05) is 19.1 Å². The van der Waals surface area contributed by atoms with E-state index in [1.54, 1.807) is 0 Å². The van der Waals surface area contributed by atoms with Crippen LogP contribution in [0.15, 0.2) is 0 Å². The van der Waals surface area contributed by atoms with E-state index < -0.39 is 0 Å². The highest BCUT2D eigenvalue weighted by atomic mass is 32.1. The Labute approximate surface area is 126 Å². The zero-order chi connectivity index (χ0) is 14.9. The van der Waals surface area contributed by atoms with Crippen LogP contribution in [0.5, 0.6) is 0 Å². The quantitative estimate of drug-likeness (QED) is 0.847. The minimum atomic E-state index is 0.408. The Morgan fingerprint density at radius 2 is 1.85 bits per heavy atom. The predicted octanol–water partition coefficient (Wildman–Crippen LogP) is 1.26. The Morgan fingerprint density at radius 3 is 2.35 bits per heavy atom. The van der Waals surface area contributed by atoms with E-state index in [4.69, 9.17) is 18.0 Å². The maximum absolute atomic E-state index is 5.90. The molecule has 1 aromatic rings. The molecule has 110 valence electrons. The summed E-state index contributed by atoms with van der Waals surface area (Å²) in [5, 5.41) is 8.58. The summed E-state index contributed by atoms with van der Waals surface area (Å²) in [5.74, 6) is 0.845. The van der Waals surface area contributed by atoms with Crippen LogP contribution in [0.2, 0.25) is 0 Å². The van der Waals surface area contributed by atoms with E-state index in [0.29, 0.717) is 11.0 Å². The fourth-order valence-electron chi connectivity index (χ4n) is 2.71. The summed E-state index contributed by atoms with van der Waals surface area (Å²) in [6.07, 6.45) is 2.25. The first-order valence-electron chi connectivity index (χ1n) is 6.97. The van der Waals surface area contributed by atoms with Gasteiger partial charge in [-0.25, -0.2) is 0 Å². The molecule has 1 aliphatic rings. The second kappa shape index (κ2) is 6.01. The van der Waals surface area contributed by atoms with Crippen LogP contribution in [-0.4, -0.2) is 53.3 Å². The number of aryl methyl sites for hydroxylation is 1. The third-order valence-corrected chi connectivity index (χ3v) is 4.38. The number of nitrogens with two attached hydrogens (primary N) is 1. The average Bonchev–Trinajstić information content (AvgIpc) is 2.41. The van der Waals surface area contributed by atoms with Gasteiger partial charge in [-0.1, -0.05) is 12.2 Å². The highest BCUT2D eigenvalue weighted by Gasteiger charge is 2.25. The minimum Gasteiger partial charge on any atom is -0.389 e. The Bertz CT molecular complexity index is 507. The molecular weight excluding hydrogens is 270 g/mol. The summed E-state index contributed by atoms with van der Waals surface area (Å²) in [4.78, 5) is 4.96. The standard InChI is InChI=1S/C14H23N5S/c1-9-10(2)16-17-14(12(9)13(15)20)19-7-5-11(6-8-19)18(3)4/h11H,5-8H2,1-4H3,(H2,15,20). The molecule has 0 aliphatic carbocycles. The van der Waals surface area contributed by atoms with Crippen LogP contribution in [0.3, 0.4) is 0 Å². The zero-order valence-corrected chi connectivity index (χ0v) is 13.5. The molecule has 0 spiro atoms. The normalized spacial score (nSPS) is 16.8. The number of nitrogens with zero attached hydrogens (tertiary/aromatic N) is 4. The molecule has 1 aliphatic heterocycles. The van der Waals surface area contributed by atoms with Gasteiger partial charge in [0.1, 0.15) is 4.99 Å². The van der Waals surface area contributed by atoms with Crippen molar-refractivity contribution in [3.63, 3.8) is 0 Å². The number of hydrogen-bond donors (Lipinski definition) is 1. The lowest BCUT2D eigenvalue weighted by atomic mass is 10.0. The SMILES string of the molecule is Cc1nnc(N2CCC(N(C)C)CC2)c(C(N)=S)c1C. The first-order chi connectivity index (χ1) is 9.41. The molecule has 0 bridgehead atoms. The average molecular weight is 293 g/mol. The second-order valence-corrected chi connectivity index (χ2v) is 6.09. The van der Waals surface area contributed by atoms with Crippen molar-refractivity contribution in [3.05, 3.63) is 16.8 Å². The van der Waals surface area contributed by atoms with Gasteiger partial charge in [0.25, 0.3) is 0 Å². The van der Waals surface area contributed by atoms with Crippen molar-refractivity contribution in [2.45, 2.75) is 32.7 Å². The molecule has 2 heterocycles. The van der Waals surface area contributed by atoms with Crippen molar-refractivity contribution in [1.29, 1.82) is 0 Å². The summed E-state index contributed by atoms with van der Waals surface area (Å²) in [6.45, 7) is 5.88. The largest absolute Gasteiger partial charge is 0.389 e. The first kappa shape index (κ1) is 15.1. The molecule has 0 radical (unpaired) electrons. The van der Waals surface area contributed by atoms with Crippen molar-refractivity contribution >= 4 is 23.0 Å². The first-order valence-corrected chi connectivity index (χ1v) is 7.37. The van der Waals surface area contributed by atoms with Gasteiger partial charge in [-0.05, 0) is 46.3 Å². The van der Waals surface area contributed by atoms with Crippen LogP contribution in [0, 0.1) is 13.8 Å². The van der Waals surface area contributed by atoms with E-state index in [2.05, 4.69) is 34.1 Å². The minimum absolute atomic E-state index is 0.408. The third kappa shape index (κ3) is 2.91. The summed E-state index contributed by atoms with van der Waals surface area (Å²) < 4.78 is 0. The lowest BCUT2D eigenvalue weighted by Gasteiger charge is -2.36. The summed E-state index contributed by atoms with van der Waals surface area (Å²) in [6, 6.07) is 0.638. The topological polar surface area (TPSA) is 58.3 Å². The van der Waals surface area contributed by atoms with E-state index in [9.17, 15) is 0 Å². The van der Waals surface area contributed by atoms with Gasteiger partial charge in [-0.3, -0.25) is 0 Å². The lowest BCUT2D eigenvalue weighted by Crippen LogP contribution is -2.43. The zero-order valence-electron chi connectivity index (χ0n) is 12.7. The smallest absolute Gasteiger partial charge is 0.161 e. The van der Waals surface area contributed by atoms with E-state index in [0.717, 1.165) is 48.6 Å². The third-order valence-electron chi connectivity index (χ3n) is 4.18. The number of rotatable bonds is 3. The number of piperidine rings is 1. The lowest BCUT2D eigenvalue weighted by molar-refractivity contribution is 0.249. The Hall–Kier alpha value is -1.27. The van der Waals surface area contributed by atoms with Crippen molar-refractivity contribution in [2.24, 2.45) is 5.73 Å². The van der Waals surface area contributed by atoms with Gasteiger partial charge >= 0.3 is 0 Å². The van der Waals surface area contributed by atoms with Gasteiger partial charge in [-0.2, -0.15) is 5.10 Å². The van der Waals surface area contributed by atoms with Crippen molar-refractivity contribution in [1.82, 2.24) is 15.1 Å². The fourth-order valence-corrected chi connectivity index (χ4v) is 2.95.